The molecule has 58 valence electrons. The Bertz CT molecular complexity index is 61.7. The minimum Gasteiger partial charge on any atom is 1.00 e. The first-order valence-electron chi connectivity index (χ1n) is 2.70. The molecule has 0 amide bonds. The Morgan fingerprint density at radius 1 is 1.09 bits per heavy atom. The summed E-state index contributed by atoms with van der Waals surface area (Å²) in [6.07, 6.45) is 0. The van der Waals surface area contributed by atoms with Crippen LogP contribution in [0.15, 0.2) is 0 Å². The van der Waals surface area contributed by atoms with Gasteiger partial charge in [-0.05, 0) is 0 Å². The van der Waals surface area contributed by atoms with Crippen LogP contribution in [0.5, 0.6) is 0 Å². The van der Waals surface area contributed by atoms with Crippen molar-refractivity contribution >= 4 is 16.6 Å². The fourth-order valence-corrected chi connectivity index (χ4v) is 0.320. The summed E-state index contributed by atoms with van der Waals surface area (Å²) in [5.74, 6) is 0. The zero-order valence-corrected chi connectivity index (χ0v) is 11.2. The quantitative estimate of drug-likeness (QED) is 0.323. The molecule has 11 heavy (non-hydrogen) atoms. The van der Waals surface area contributed by atoms with Gasteiger partial charge in [-0.1, -0.05) is 0 Å². The van der Waals surface area contributed by atoms with Gasteiger partial charge in [-0.3, -0.25) is 0 Å². The number of rotatable bonds is 5. The first-order chi connectivity index (χ1) is 4.35. The van der Waals surface area contributed by atoms with Gasteiger partial charge >= 0.3 is 123 Å². The summed E-state index contributed by atoms with van der Waals surface area (Å²) in [4.78, 5) is 0. The molecule has 0 aliphatic heterocycles. The van der Waals surface area contributed by atoms with Crippen molar-refractivity contribution in [1.82, 2.24) is 0 Å². The van der Waals surface area contributed by atoms with Crippen LogP contribution in [0.3, 0.4) is 0 Å². The van der Waals surface area contributed by atoms with E-state index in [0.29, 0.717) is 13.2 Å². The largest absolute Gasteiger partial charge is 1.00 e. The number of hydrogen-bond donors (Lipinski definition) is 0. The van der Waals surface area contributed by atoms with Gasteiger partial charge in [0.2, 0.25) is 0 Å². The molecule has 0 aromatic carbocycles. The van der Waals surface area contributed by atoms with Crippen molar-refractivity contribution in [3.63, 3.8) is 0 Å². The molecule has 0 aromatic heterocycles. The van der Waals surface area contributed by atoms with Crippen molar-refractivity contribution in [3.05, 3.63) is 0 Å². The van der Waals surface area contributed by atoms with Crippen LogP contribution in [0.25, 0.3) is 0 Å². The van der Waals surface area contributed by atoms with Crippen molar-refractivity contribution in [3.8, 4) is 0 Å². The summed E-state index contributed by atoms with van der Waals surface area (Å²) >= 11 is -0.791. The molecule has 0 rings (SSSR count). The van der Waals surface area contributed by atoms with Gasteiger partial charge < -0.3 is 0 Å². The van der Waals surface area contributed by atoms with Crippen molar-refractivity contribution in [2.24, 2.45) is 0 Å². The summed E-state index contributed by atoms with van der Waals surface area (Å²) in [5.41, 5.74) is 0. The minimum atomic E-state index is -0.791. The van der Waals surface area contributed by atoms with Crippen molar-refractivity contribution < 1.29 is 72.4 Å². The van der Waals surface area contributed by atoms with Gasteiger partial charge in [0.1, 0.15) is 0 Å². The van der Waals surface area contributed by atoms with Crippen LogP contribution in [0.1, 0.15) is 13.8 Å². The van der Waals surface area contributed by atoms with Crippen LogP contribution in [0.2, 0.25) is 0 Å². The molecule has 0 saturated heterocycles. The zero-order chi connectivity index (χ0) is 7.11. The molecule has 0 spiro atoms. The average molecular weight is 196 g/mol. The molecular formula is C5H15AlNa2O3. The van der Waals surface area contributed by atoms with E-state index in [-0.39, 0.29) is 65.6 Å². The summed E-state index contributed by atoms with van der Waals surface area (Å²) in [6.45, 7) is 4.88. The van der Waals surface area contributed by atoms with Gasteiger partial charge in [-0.25, -0.2) is 0 Å². The molecule has 0 bridgehead atoms. The molecule has 0 heterocycles. The maximum absolute atomic E-state index is 5.15. The van der Waals surface area contributed by atoms with E-state index in [4.69, 9.17) is 13.3 Å². The first kappa shape index (κ1) is 19.1. The topological polar surface area (TPSA) is 27.7 Å². The van der Waals surface area contributed by atoms with E-state index in [9.17, 15) is 0 Å². The van der Waals surface area contributed by atoms with Gasteiger partial charge in [0.15, 0.2) is 0 Å². The van der Waals surface area contributed by atoms with Crippen LogP contribution in [-0.2, 0) is 13.3 Å². The fourth-order valence-electron chi connectivity index (χ4n) is 0.320. The standard InChI is InChI=1S/C5H11O3.Al.2Na.4H/c1-3-7-5(6)8-4-2;;;;;;;/h5H,3-4H2,1-2H3;;;;;;;/q2*-1;2*+1;;;;. The molecule has 0 unspecified atom stereocenters. The van der Waals surface area contributed by atoms with Gasteiger partial charge in [-0.15, -0.1) is 0 Å². The molecule has 3 nitrogen and oxygen atoms in total. The second-order valence-corrected chi connectivity index (χ2v) is 1.20. The molecule has 0 aromatic rings. The molecular weight excluding hydrogens is 181 g/mol. The minimum absolute atomic E-state index is 0. The number of ether oxygens (including phenoxy) is 2. The molecule has 0 aliphatic rings. The third-order valence-corrected chi connectivity index (χ3v) is 0.606. The Morgan fingerprint density at radius 3 is 1.64 bits per heavy atom. The second kappa shape index (κ2) is 14.9. The van der Waals surface area contributed by atoms with Crippen LogP contribution in [0, 0.1) is 0 Å². The smallest absolute Gasteiger partial charge is 1.00 e. The molecule has 0 aliphatic carbocycles. The molecule has 0 saturated carbocycles. The van der Waals surface area contributed by atoms with E-state index in [1.165, 1.54) is 0 Å². The summed E-state index contributed by atoms with van der Waals surface area (Å²) < 4.78 is 15.3. The summed E-state index contributed by atoms with van der Waals surface area (Å²) in [5, 5.41) is 0. The third-order valence-electron chi connectivity index (χ3n) is 0.606. The molecule has 6 heteroatoms. The fraction of sp³-hybridized carbons (Fsp3) is 1.00. The van der Waals surface area contributed by atoms with E-state index in [1.54, 1.807) is 0 Å². The van der Waals surface area contributed by atoms with Crippen molar-refractivity contribution in [1.29, 1.82) is 0 Å². The Kier molecular flexibility index (Phi) is 25.8. The van der Waals surface area contributed by atoms with Crippen molar-refractivity contribution in [2.45, 2.75) is 20.3 Å². The van der Waals surface area contributed by atoms with E-state index in [1.807, 2.05) is 13.8 Å². The predicted octanol–water partition coefficient (Wildman–Crippen LogP) is -6.62. The third kappa shape index (κ3) is 12.4. The van der Waals surface area contributed by atoms with Crippen LogP contribution >= 0.6 is 0 Å². The zero-order valence-electron chi connectivity index (χ0n) is 7.22. The van der Waals surface area contributed by atoms with E-state index < -0.39 is 16.6 Å². The second-order valence-electron chi connectivity index (χ2n) is 1.20. The molecule has 0 fully saturated rings. The van der Waals surface area contributed by atoms with Gasteiger partial charge in [0.05, 0.1) is 0 Å². The number of hydrogen-bond acceptors (Lipinski definition) is 3. The molecule has 0 N–H and O–H groups in total. The monoisotopic (exact) mass is 196 g/mol. The average Bonchev–Trinajstić information content (AvgIpc) is 1.88. The Morgan fingerprint density at radius 2 is 1.45 bits per heavy atom. The Hall–Kier alpha value is 2.41. The maximum atomic E-state index is 5.15. The Labute approximate surface area is 121 Å². The van der Waals surface area contributed by atoms with Crippen LogP contribution in [0.4, 0.5) is 0 Å². The van der Waals surface area contributed by atoms with Gasteiger partial charge in [-0.2, -0.15) is 0 Å². The summed E-state index contributed by atoms with van der Waals surface area (Å²) in [6, 6.07) is 0. The SMILES string of the molecule is CCOC([O][AlH4-2])OCC.[Na+].[Na+]. The van der Waals surface area contributed by atoms with E-state index >= 15 is 0 Å². The Balaban J connectivity index is -0.000000320. The summed E-state index contributed by atoms with van der Waals surface area (Å²) in [7, 11) is 0. The van der Waals surface area contributed by atoms with Gasteiger partial charge in [0.25, 0.3) is 0 Å². The van der Waals surface area contributed by atoms with Crippen LogP contribution in [-0.4, -0.2) is 36.3 Å². The molecule has 0 radical (unpaired) electrons. The maximum Gasteiger partial charge on any atom is 1.00 e. The first-order valence-corrected chi connectivity index (χ1v) is 2.70. The van der Waals surface area contributed by atoms with E-state index in [2.05, 4.69) is 0 Å². The predicted molar refractivity (Wildman–Crippen MR) is 39.5 cm³/mol. The molecule has 0 atom stereocenters. The van der Waals surface area contributed by atoms with Crippen LogP contribution < -0.4 is 59.1 Å². The van der Waals surface area contributed by atoms with E-state index in [0.717, 1.165) is 0 Å². The van der Waals surface area contributed by atoms with Crippen molar-refractivity contribution in [2.75, 3.05) is 13.2 Å². The van der Waals surface area contributed by atoms with Gasteiger partial charge in [0, 0.05) is 0 Å². The normalized spacial score (nSPS) is 8.82.